The van der Waals surface area contributed by atoms with Crippen LogP contribution in [0.3, 0.4) is 0 Å². The Labute approximate surface area is 140 Å². The van der Waals surface area contributed by atoms with Crippen molar-refractivity contribution in [3.8, 4) is 5.75 Å². The van der Waals surface area contributed by atoms with Gasteiger partial charge in [0.05, 0.1) is 0 Å². The summed E-state index contributed by atoms with van der Waals surface area (Å²) >= 11 is 0. The van der Waals surface area contributed by atoms with Crippen LogP contribution in [-0.4, -0.2) is 49.1 Å². The third-order valence-electron chi connectivity index (χ3n) is 5.87. The Morgan fingerprint density at radius 1 is 0.957 bits per heavy atom. The van der Waals surface area contributed by atoms with E-state index in [4.69, 9.17) is 4.74 Å². The van der Waals surface area contributed by atoms with Crippen LogP contribution in [0.25, 0.3) is 0 Å². The number of hydrogen-bond donors (Lipinski definition) is 0. The van der Waals surface area contributed by atoms with Gasteiger partial charge in [-0.25, -0.2) is 0 Å². The van der Waals surface area contributed by atoms with Crippen LogP contribution >= 0.6 is 0 Å². The standard InChI is InChI=1S/C20H30N2O/c1-2-10-21(11-3-1)14-15-23-18-7-8-19-17(16-18)6-9-20(19)22-12-4-5-13-22/h7-8,16,20H,1-6,9-15H2. The molecule has 1 atom stereocenters. The highest BCUT2D eigenvalue weighted by molar-refractivity contribution is 5.40. The molecule has 0 saturated carbocycles. The number of nitrogens with zero attached hydrogens (tertiary/aromatic N) is 2. The molecule has 3 nitrogen and oxygen atoms in total. The van der Waals surface area contributed by atoms with Crippen LogP contribution in [-0.2, 0) is 6.42 Å². The van der Waals surface area contributed by atoms with Crippen molar-refractivity contribution in [2.75, 3.05) is 39.3 Å². The molecule has 3 aliphatic rings. The van der Waals surface area contributed by atoms with Gasteiger partial charge in [0.15, 0.2) is 0 Å². The van der Waals surface area contributed by atoms with E-state index in [1.165, 1.54) is 76.7 Å². The van der Waals surface area contributed by atoms with Crippen LogP contribution in [0, 0.1) is 0 Å². The van der Waals surface area contributed by atoms with Crippen molar-refractivity contribution in [3.05, 3.63) is 29.3 Å². The molecule has 0 N–H and O–H groups in total. The van der Waals surface area contributed by atoms with Crippen molar-refractivity contribution in [3.63, 3.8) is 0 Å². The van der Waals surface area contributed by atoms with E-state index in [1.807, 2.05) is 0 Å². The maximum absolute atomic E-state index is 6.04. The first-order valence-corrected chi connectivity index (χ1v) is 9.62. The van der Waals surface area contributed by atoms with Crippen LogP contribution in [0.2, 0.25) is 0 Å². The summed E-state index contributed by atoms with van der Waals surface area (Å²) in [6.45, 7) is 6.99. The van der Waals surface area contributed by atoms with Gasteiger partial charge in [0.2, 0.25) is 0 Å². The van der Waals surface area contributed by atoms with Gasteiger partial charge in [-0.2, -0.15) is 0 Å². The summed E-state index contributed by atoms with van der Waals surface area (Å²) in [5.41, 5.74) is 3.09. The largest absolute Gasteiger partial charge is 0.492 e. The number of piperidine rings is 1. The summed E-state index contributed by atoms with van der Waals surface area (Å²) in [6, 6.07) is 7.52. The molecule has 126 valence electrons. The quantitative estimate of drug-likeness (QED) is 0.825. The molecule has 1 aromatic carbocycles. The molecule has 0 aromatic heterocycles. The molecule has 2 saturated heterocycles. The third kappa shape index (κ3) is 3.56. The Kier molecular flexibility index (Phi) is 4.86. The fourth-order valence-electron chi connectivity index (χ4n) is 4.57. The van der Waals surface area contributed by atoms with E-state index in [1.54, 1.807) is 5.56 Å². The summed E-state index contributed by atoms with van der Waals surface area (Å²) in [6.07, 6.45) is 9.40. The predicted octanol–water partition coefficient (Wildman–Crippen LogP) is 3.63. The fraction of sp³-hybridized carbons (Fsp3) is 0.700. The zero-order valence-corrected chi connectivity index (χ0v) is 14.3. The molecule has 0 bridgehead atoms. The smallest absolute Gasteiger partial charge is 0.119 e. The number of benzene rings is 1. The van der Waals surface area contributed by atoms with E-state index >= 15 is 0 Å². The molecule has 3 heteroatoms. The zero-order chi connectivity index (χ0) is 15.5. The highest BCUT2D eigenvalue weighted by atomic mass is 16.5. The summed E-state index contributed by atoms with van der Waals surface area (Å²) in [5, 5.41) is 0. The van der Waals surface area contributed by atoms with E-state index in [9.17, 15) is 0 Å². The number of fused-ring (bicyclic) bond motifs is 1. The summed E-state index contributed by atoms with van der Waals surface area (Å²) < 4.78 is 6.04. The van der Waals surface area contributed by atoms with Gasteiger partial charge in [0.25, 0.3) is 0 Å². The SMILES string of the molecule is c1cc2c(cc1OCCN1CCCCC1)CCC2N1CCCC1. The Bertz CT molecular complexity index is 518. The van der Waals surface area contributed by atoms with Crippen molar-refractivity contribution in [1.82, 2.24) is 9.80 Å². The van der Waals surface area contributed by atoms with E-state index in [-0.39, 0.29) is 0 Å². The maximum atomic E-state index is 6.04. The van der Waals surface area contributed by atoms with Gasteiger partial charge in [-0.15, -0.1) is 0 Å². The van der Waals surface area contributed by atoms with Crippen LogP contribution in [0.15, 0.2) is 18.2 Å². The lowest BCUT2D eigenvalue weighted by Crippen LogP contribution is -2.33. The molecule has 0 spiro atoms. The molecule has 23 heavy (non-hydrogen) atoms. The highest BCUT2D eigenvalue weighted by Crippen LogP contribution is 2.38. The van der Waals surface area contributed by atoms with Gasteiger partial charge in [-0.05, 0) is 88.0 Å². The Morgan fingerprint density at radius 2 is 1.74 bits per heavy atom. The predicted molar refractivity (Wildman–Crippen MR) is 94.1 cm³/mol. The first kappa shape index (κ1) is 15.5. The van der Waals surface area contributed by atoms with Crippen LogP contribution < -0.4 is 4.74 Å². The number of likely N-dealkylation sites (tertiary alicyclic amines) is 2. The molecular formula is C20H30N2O. The zero-order valence-electron chi connectivity index (χ0n) is 14.3. The molecule has 4 rings (SSSR count). The van der Waals surface area contributed by atoms with Gasteiger partial charge in [-0.3, -0.25) is 9.80 Å². The first-order valence-electron chi connectivity index (χ1n) is 9.62. The summed E-state index contributed by atoms with van der Waals surface area (Å²) in [7, 11) is 0. The van der Waals surface area contributed by atoms with E-state index in [2.05, 4.69) is 28.0 Å². The Hall–Kier alpha value is -1.06. The molecule has 1 aliphatic carbocycles. The molecule has 1 aromatic rings. The second kappa shape index (κ2) is 7.23. The molecule has 2 fully saturated rings. The molecule has 0 amide bonds. The van der Waals surface area contributed by atoms with E-state index in [0.29, 0.717) is 6.04 Å². The van der Waals surface area contributed by atoms with Crippen molar-refractivity contribution >= 4 is 0 Å². The lowest BCUT2D eigenvalue weighted by atomic mass is 10.1. The summed E-state index contributed by atoms with van der Waals surface area (Å²) in [4.78, 5) is 5.23. The van der Waals surface area contributed by atoms with Gasteiger partial charge < -0.3 is 4.74 Å². The molecule has 0 radical (unpaired) electrons. The fourth-order valence-corrected chi connectivity index (χ4v) is 4.57. The second-order valence-electron chi connectivity index (χ2n) is 7.41. The minimum atomic E-state index is 0.676. The van der Waals surface area contributed by atoms with Crippen LogP contribution in [0.4, 0.5) is 0 Å². The maximum Gasteiger partial charge on any atom is 0.119 e. The number of rotatable bonds is 5. The highest BCUT2D eigenvalue weighted by Gasteiger charge is 2.29. The lowest BCUT2D eigenvalue weighted by Gasteiger charge is -2.26. The number of ether oxygens (including phenoxy) is 1. The van der Waals surface area contributed by atoms with E-state index in [0.717, 1.165) is 18.9 Å². The Balaban J connectivity index is 1.32. The monoisotopic (exact) mass is 314 g/mol. The average Bonchev–Trinajstić information content (AvgIpc) is 3.24. The second-order valence-corrected chi connectivity index (χ2v) is 7.41. The minimum absolute atomic E-state index is 0.676. The third-order valence-corrected chi connectivity index (χ3v) is 5.87. The summed E-state index contributed by atoms with van der Waals surface area (Å²) in [5.74, 6) is 1.07. The average molecular weight is 314 g/mol. The number of aryl methyl sites for hydroxylation is 1. The van der Waals surface area contributed by atoms with Crippen LogP contribution in [0.5, 0.6) is 5.75 Å². The van der Waals surface area contributed by atoms with Gasteiger partial charge in [0, 0.05) is 12.6 Å². The van der Waals surface area contributed by atoms with Crippen LogP contribution in [0.1, 0.15) is 55.7 Å². The lowest BCUT2D eigenvalue weighted by molar-refractivity contribution is 0.183. The topological polar surface area (TPSA) is 15.7 Å². The number of hydrogen-bond acceptors (Lipinski definition) is 3. The van der Waals surface area contributed by atoms with E-state index < -0.39 is 0 Å². The molecule has 2 heterocycles. The first-order chi connectivity index (χ1) is 11.4. The normalized spacial score (nSPS) is 25.7. The minimum Gasteiger partial charge on any atom is -0.492 e. The van der Waals surface area contributed by atoms with Gasteiger partial charge in [0.1, 0.15) is 12.4 Å². The van der Waals surface area contributed by atoms with Gasteiger partial charge >= 0.3 is 0 Å². The Morgan fingerprint density at radius 3 is 2.57 bits per heavy atom. The van der Waals surface area contributed by atoms with Gasteiger partial charge in [-0.1, -0.05) is 12.5 Å². The molecule has 1 unspecified atom stereocenters. The van der Waals surface area contributed by atoms with Crippen molar-refractivity contribution in [2.45, 2.75) is 51.0 Å². The molecular weight excluding hydrogens is 284 g/mol. The van der Waals surface area contributed by atoms with Crippen molar-refractivity contribution < 1.29 is 4.74 Å². The van der Waals surface area contributed by atoms with Crippen molar-refractivity contribution in [2.24, 2.45) is 0 Å². The van der Waals surface area contributed by atoms with Crippen molar-refractivity contribution in [1.29, 1.82) is 0 Å². The molecule has 2 aliphatic heterocycles.